The quantitative estimate of drug-likeness (QED) is 0.595. The Hall–Kier alpha value is -2.72. The first-order valence-electron chi connectivity index (χ1n) is 7.63. The van der Waals surface area contributed by atoms with Crippen LogP contribution in [0.4, 0.5) is 16.8 Å². The summed E-state index contributed by atoms with van der Waals surface area (Å²) in [6, 6.07) is 9.21. The summed E-state index contributed by atoms with van der Waals surface area (Å²) in [4.78, 5) is 20.2. The number of rotatable bonds is 7. The zero-order chi connectivity index (χ0) is 18.4. The highest BCUT2D eigenvalue weighted by Gasteiger charge is 2.18. The number of hydrogen-bond acceptors (Lipinski definition) is 9. The molecule has 0 aliphatic heterocycles. The Morgan fingerprint density at radius 2 is 2.04 bits per heavy atom. The fraction of sp³-hybridized carbons (Fsp3) is 0.188. The summed E-state index contributed by atoms with van der Waals surface area (Å²) < 4.78 is 5.88. The molecule has 3 aromatic rings. The van der Waals surface area contributed by atoms with Crippen LogP contribution in [0.2, 0.25) is 0 Å². The zero-order valence-electron chi connectivity index (χ0n) is 14.0. The average molecular weight is 388 g/mol. The third-order valence-electron chi connectivity index (χ3n) is 3.18. The molecule has 1 aromatic carbocycles. The third kappa shape index (κ3) is 4.90. The van der Waals surface area contributed by atoms with Crippen LogP contribution in [-0.2, 0) is 4.79 Å². The molecule has 2 aromatic heterocycles. The van der Waals surface area contributed by atoms with Crippen molar-refractivity contribution < 1.29 is 9.53 Å². The molecule has 1 unspecified atom stereocenters. The molecule has 0 bridgehead atoms. The van der Waals surface area contributed by atoms with Crippen LogP contribution in [0.5, 0.6) is 5.75 Å². The van der Waals surface area contributed by atoms with Gasteiger partial charge in [0.1, 0.15) is 5.75 Å². The fourth-order valence-corrected chi connectivity index (χ4v) is 3.83. The van der Waals surface area contributed by atoms with E-state index in [1.165, 1.54) is 23.1 Å². The van der Waals surface area contributed by atoms with Gasteiger partial charge < -0.3 is 10.1 Å². The van der Waals surface area contributed by atoms with Gasteiger partial charge in [-0.2, -0.15) is 0 Å². The van der Waals surface area contributed by atoms with Crippen LogP contribution in [0.15, 0.2) is 47.1 Å². The molecule has 0 aliphatic carbocycles. The number of nitrogens with one attached hydrogen (secondary N) is 2. The maximum atomic E-state index is 12.2. The number of benzene rings is 1. The van der Waals surface area contributed by atoms with Crippen molar-refractivity contribution in [2.24, 2.45) is 0 Å². The third-order valence-corrected chi connectivity index (χ3v) is 5.20. The summed E-state index contributed by atoms with van der Waals surface area (Å²) >= 11 is 2.69. The van der Waals surface area contributed by atoms with Gasteiger partial charge >= 0.3 is 0 Å². The Labute approximate surface area is 158 Å². The van der Waals surface area contributed by atoms with Crippen molar-refractivity contribution in [1.82, 2.24) is 20.2 Å². The highest BCUT2D eigenvalue weighted by Crippen LogP contribution is 2.31. The van der Waals surface area contributed by atoms with Gasteiger partial charge in [-0.15, -0.1) is 10.2 Å². The summed E-state index contributed by atoms with van der Waals surface area (Å²) in [5, 5.41) is 14.3. The van der Waals surface area contributed by atoms with Crippen molar-refractivity contribution in [3.8, 4) is 5.75 Å². The molecule has 0 fully saturated rings. The lowest BCUT2D eigenvalue weighted by Crippen LogP contribution is -2.23. The molecule has 3 rings (SSSR count). The first kappa shape index (κ1) is 18.1. The minimum atomic E-state index is -0.364. The molecule has 0 saturated heterocycles. The first-order valence-corrected chi connectivity index (χ1v) is 9.33. The number of nitrogens with zero attached hydrogens (tertiary/aromatic N) is 4. The van der Waals surface area contributed by atoms with Crippen molar-refractivity contribution in [2.45, 2.75) is 16.5 Å². The number of carbonyl (C=O) groups is 1. The average Bonchev–Trinajstić information content (AvgIpc) is 3.09. The molecule has 0 aliphatic rings. The molecule has 1 atom stereocenters. The second kappa shape index (κ2) is 8.59. The van der Waals surface area contributed by atoms with E-state index in [2.05, 4.69) is 30.8 Å². The standard InChI is InChI=1S/C16H16N6O2S2/c1-10(13(23)20-14-17-7-4-8-18-14)25-16-22-21-15(26-16)19-11-5-3-6-12(9-11)24-2/h3-10H,1-2H3,(H,19,21)(H,17,18,20,23). The molecule has 26 heavy (non-hydrogen) atoms. The fourth-order valence-electron chi connectivity index (χ4n) is 1.91. The number of methoxy groups -OCH3 is 1. The molecular formula is C16H16N6O2S2. The molecule has 0 saturated carbocycles. The van der Waals surface area contributed by atoms with Crippen LogP contribution in [0.1, 0.15) is 6.92 Å². The summed E-state index contributed by atoms with van der Waals surface area (Å²) in [6.45, 7) is 1.79. The lowest BCUT2D eigenvalue weighted by molar-refractivity contribution is -0.115. The topological polar surface area (TPSA) is 102 Å². The first-order chi connectivity index (χ1) is 12.6. The van der Waals surface area contributed by atoms with Crippen LogP contribution in [-0.4, -0.2) is 38.4 Å². The largest absolute Gasteiger partial charge is 0.497 e. The maximum Gasteiger partial charge on any atom is 0.240 e. The molecular weight excluding hydrogens is 372 g/mol. The van der Waals surface area contributed by atoms with E-state index in [0.717, 1.165) is 11.4 Å². The van der Waals surface area contributed by atoms with Crippen molar-refractivity contribution in [2.75, 3.05) is 17.7 Å². The summed E-state index contributed by atoms with van der Waals surface area (Å²) in [7, 11) is 1.62. The van der Waals surface area contributed by atoms with E-state index in [4.69, 9.17) is 4.74 Å². The van der Waals surface area contributed by atoms with Gasteiger partial charge in [0, 0.05) is 24.1 Å². The van der Waals surface area contributed by atoms with Gasteiger partial charge in [-0.25, -0.2) is 9.97 Å². The van der Waals surface area contributed by atoms with Gasteiger partial charge in [-0.1, -0.05) is 29.2 Å². The normalized spacial score (nSPS) is 11.6. The lowest BCUT2D eigenvalue weighted by atomic mass is 10.3. The smallest absolute Gasteiger partial charge is 0.240 e. The van der Waals surface area contributed by atoms with E-state index in [1.807, 2.05) is 24.3 Å². The Kier molecular flexibility index (Phi) is 5.97. The highest BCUT2D eigenvalue weighted by molar-refractivity contribution is 8.02. The minimum Gasteiger partial charge on any atom is -0.497 e. The van der Waals surface area contributed by atoms with Gasteiger partial charge in [-0.05, 0) is 25.1 Å². The summed E-state index contributed by atoms with van der Waals surface area (Å²) in [6.07, 6.45) is 3.14. The Bertz CT molecular complexity index is 874. The van der Waals surface area contributed by atoms with Gasteiger partial charge in [0.05, 0.1) is 12.4 Å². The van der Waals surface area contributed by atoms with Gasteiger partial charge in [0.25, 0.3) is 0 Å². The van der Waals surface area contributed by atoms with Crippen molar-refractivity contribution in [3.63, 3.8) is 0 Å². The number of anilines is 3. The van der Waals surface area contributed by atoms with Gasteiger partial charge in [0.15, 0.2) is 4.34 Å². The van der Waals surface area contributed by atoms with Crippen LogP contribution in [0.3, 0.4) is 0 Å². The zero-order valence-corrected chi connectivity index (χ0v) is 15.7. The van der Waals surface area contributed by atoms with E-state index in [-0.39, 0.29) is 17.1 Å². The Morgan fingerprint density at radius 1 is 1.23 bits per heavy atom. The van der Waals surface area contributed by atoms with Crippen LogP contribution in [0.25, 0.3) is 0 Å². The van der Waals surface area contributed by atoms with Crippen LogP contribution < -0.4 is 15.4 Å². The van der Waals surface area contributed by atoms with E-state index < -0.39 is 0 Å². The van der Waals surface area contributed by atoms with E-state index in [9.17, 15) is 4.79 Å². The SMILES string of the molecule is COc1cccc(Nc2nnc(SC(C)C(=O)Nc3ncccn3)s2)c1. The molecule has 8 nitrogen and oxygen atoms in total. The molecule has 0 radical (unpaired) electrons. The van der Waals surface area contributed by atoms with E-state index in [1.54, 1.807) is 32.5 Å². The van der Waals surface area contributed by atoms with E-state index in [0.29, 0.717) is 9.47 Å². The molecule has 0 spiro atoms. The number of carbonyl (C=O) groups excluding carboxylic acids is 1. The Morgan fingerprint density at radius 3 is 2.81 bits per heavy atom. The maximum absolute atomic E-state index is 12.2. The molecule has 134 valence electrons. The summed E-state index contributed by atoms with van der Waals surface area (Å²) in [5.74, 6) is 0.837. The molecule has 2 heterocycles. The van der Waals surface area contributed by atoms with E-state index >= 15 is 0 Å². The summed E-state index contributed by atoms with van der Waals surface area (Å²) in [5.41, 5.74) is 0.851. The predicted octanol–water partition coefficient (Wildman–Crippen LogP) is 3.20. The number of aromatic nitrogens is 4. The number of ether oxygens (including phenoxy) is 1. The van der Waals surface area contributed by atoms with Gasteiger partial charge in [-0.3, -0.25) is 10.1 Å². The molecule has 2 N–H and O–H groups in total. The highest BCUT2D eigenvalue weighted by atomic mass is 32.2. The monoisotopic (exact) mass is 388 g/mol. The predicted molar refractivity (Wildman–Crippen MR) is 102 cm³/mol. The van der Waals surface area contributed by atoms with Crippen molar-refractivity contribution >= 4 is 45.8 Å². The van der Waals surface area contributed by atoms with Gasteiger partial charge in [0.2, 0.25) is 17.0 Å². The Balaban J connectivity index is 1.58. The van der Waals surface area contributed by atoms with Crippen LogP contribution in [0, 0.1) is 0 Å². The molecule has 10 heteroatoms. The number of hydrogen-bond donors (Lipinski definition) is 2. The minimum absolute atomic E-state index is 0.196. The van der Waals surface area contributed by atoms with Crippen molar-refractivity contribution in [3.05, 3.63) is 42.7 Å². The second-order valence-corrected chi connectivity index (χ2v) is 7.62. The van der Waals surface area contributed by atoms with Crippen molar-refractivity contribution in [1.29, 1.82) is 0 Å². The molecule has 1 amide bonds. The number of amides is 1. The second-order valence-electron chi connectivity index (χ2n) is 5.05. The number of thioether (sulfide) groups is 1. The lowest BCUT2D eigenvalue weighted by Gasteiger charge is -2.08. The van der Waals surface area contributed by atoms with Crippen LogP contribution >= 0.6 is 23.1 Å².